The number of ether oxygens (including phenoxy) is 1. The molecule has 0 aliphatic heterocycles. The molecular formula is C15H15Cl3N2O. The van der Waals surface area contributed by atoms with E-state index in [-0.39, 0.29) is 5.88 Å². The average Bonchev–Trinajstić information content (AvgIpc) is 2.43. The van der Waals surface area contributed by atoms with Crippen molar-refractivity contribution in [3.05, 3.63) is 44.9 Å². The van der Waals surface area contributed by atoms with E-state index in [0.717, 1.165) is 18.5 Å². The van der Waals surface area contributed by atoms with Crippen LogP contribution in [0, 0.1) is 6.92 Å². The Kier molecular flexibility index (Phi) is 5.57. The van der Waals surface area contributed by atoms with E-state index in [4.69, 9.17) is 39.5 Å². The summed E-state index contributed by atoms with van der Waals surface area (Å²) < 4.78 is 5.70. The minimum absolute atomic E-state index is 0.269. The number of rotatable bonds is 5. The fourth-order valence-corrected chi connectivity index (χ4v) is 2.42. The molecule has 3 nitrogen and oxygen atoms in total. The van der Waals surface area contributed by atoms with Crippen molar-refractivity contribution in [3.8, 4) is 11.6 Å². The second kappa shape index (κ2) is 7.21. The molecule has 0 aliphatic rings. The van der Waals surface area contributed by atoms with Gasteiger partial charge in [0.05, 0.1) is 10.0 Å². The van der Waals surface area contributed by atoms with Crippen molar-refractivity contribution in [1.29, 1.82) is 0 Å². The number of pyridine rings is 1. The molecule has 1 aromatic heterocycles. The summed E-state index contributed by atoms with van der Waals surface area (Å²) in [6.45, 7) is 4.77. The summed E-state index contributed by atoms with van der Waals surface area (Å²) in [6, 6.07) is 7.10. The van der Waals surface area contributed by atoms with Crippen molar-refractivity contribution < 1.29 is 4.74 Å². The number of nitrogens with one attached hydrogen (secondary N) is 1. The Balaban J connectivity index is 2.30. The van der Waals surface area contributed by atoms with Crippen LogP contribution in [0.1, 0.15) is 18.9 Å². The van der Waals surface area contributed by atoms with Crippen LogP contribution in [0.3, 0.4) is 0 Å². The Morgan fingerprint density at radius 2 is 1.86 bits per heavy atom. The first-order valence-electron chi connectivity index (χ1n) is 6.55. The van der Waals surface area contributed by atoms with Crippen molar-refractivity contribution in [1.82, 2.24) is 4.98 Å². The Morgan fingerprint density at radius 3 is 2.52 bits per heavy atom. The minimum Gasteiger partial charge on any atom is -0.436 e. The van der Waals surface area contributed by atoms with Crippen LogP contribution in [-0.4, -0.2) is 11.5 Å². The molecule has 6 heteroatoms. The maximum Gasteiger partial charge on any atom is 0.240 e. The first-order valence-corrected chi connectivity index (χ1v) is 7.68. The van der Waals surface area contributed by atoms with Gasteiger partial charge in [-0.2, -0.15) is 4.98 Å². The number of aromatic nitrogens is 1. The largest absolute Gasteiger partial charge is 0.436 e. The lowest BCUT2D eigenvalue weighted by Gasteiger charge is -2.12. The van der Waals surface area contributed by atoms with Gasteiger partial charge >= 0.3 is 0 Å². The number of aryl methyl sites for hydroxylation is 1. The van der Waals surface area contributed by atoms with Crippen LogP contribution in [0.15, 0.2) is 24.3 Å². The van der Waals surface area contributed by atoms with Gasteiger partial charge in [0.25, 0.3) is 0 Å². The number of hydrogen-bond donors (Lipinski definition) is 1. The van der Waals surface area contributed by atoms with Crippen molar-refractivity contribution in [2.24, 2.45) is 0 Å². The van der Waals surface area contributed by atoms with Crippen LogP contribution >= 0.6 is 34.8 Å². The van der Waals surface area contributed by atoms with E-state index in [9.17, 15) is 0 Å². The predicted octanol–water partition coefficient (Wildman–Crippen LogP) is 5.96. The first kappa shape index (κ1) is 16.2. The minimum atomic E-state index is 0.269. The van der Waals surface area contributed by atoms with E-state index >= 15 is 0 Å². The van der Waals surface area contributed by atoms with Crippen LogP contribution in [0.2, 0.25) is 15.1 Å². The van der Waals surface area contributed by atoms with Crippen LogP contribution in [-0.2, 0) is 0 Å². The predicted molar refractivity (Wildman–Crippen MR) is 89.3 cm³/mol. The molecule has 0 amide bonds. The van der Waals surface area contributed by atoms with Crippen molar-refractivity contribution in [3.63, 3.8) is 0 Å². The molecule has 0 aliphatic carbocycles. The Labute approximate surface area is 139 Å². The summed E-state index contributed by atoms with van der Waals surface area (Å²) in [5, 5.41) is 4.42. The highest BCUT2D eigenvalue weighted by molar-refractivity contribution is 6.36. The summed E-state index contributed by atoms with van der Waals surface area (Å²) in [7, 11) is 0. The maximum absolute atomic E-state index is 6.15. The van der Waals surface area contributed by atoms with Gasteiger partial charge in [-0.1, -0.05) is 47.8 Å². The van der Waals surface area contributed by atoms with Gasteiger partial charge in [0, 0.05) is 6.54 Å². The van der Waals surface area contributed by atoms with E-state index in [2.05, 4.69) is 17.2 Å². The molecule has 21 heavy (non-hydrogen) atoms. The zero-order valence-electron chi connectivity index (χ0n) is 11.7. The third-order valence-electron chi connectivity index (χ3n) is 2.73. The van der Waals surface area contributed by atoms with Crippen LogP contribution in [0.5, 0.6) is 11.6 Å². The maximum atomic E-state index is 6.15. The lowest BCUT2D eigenvalue weighted by atomic mass is 10.2. The normalized spacial score (nSPS) is 10.5. The summed E-state index contributed by atoms with van der Waals surface area (Å²) >= 11 is 18.4. The lowest BCUT2D eigenvalue weighted by Crippen LogP contribution is -2.03. The molecule has 0 fully saturated rings. The van der Waals surface area contributed by atoms with Crippen LogP contribution in [0.25, 0.3) is 0 Å². The molecule has 2 aromatic rings. The topological polar surface area (TPSA) is 34.2 Å². The molecule has 1 N–H and O–H groups in total. The zero-order valence-corrected chi connectivity index (χ0v) is 14.0. The van der Waals surface area contributed by atoms with Crippen molar-refractivity contribution in [2.45, 2.75) is 20.3 Å². The Morgan fingerprint density at radius 1 is 1.10 bits per heavy atom. The zero-order chi connectivity index (χ0) is 15.4. The summed E-state index contributed by atoms with van der Waals surface area (Å²) in [6.07, 6.45) is 0.959. The molecule has 0 unspecified atom stereocenters. The second-order valence-corrected chi connectivity index (χ2v) is 5.79. The highest BCUT2D eigenvalue weighted by atomic mass is 35.5. The molecule has 0 atom stereocenters. The van der Waals surface area contributed by atoms with Gasteiger partial charge in [0.2, 0.25) is 5.88 Å². The number of hydrogen-bond acceptors (Lipinski definition) is 3. The van der Waals surface area contributed by atoms with E-state index in [1.165, 1.54) is 0 Å². The van der Waals surface area contributed by atoms with Crippen LogP contribution < -0.4 is 10.1 Å². The van der Waals surface area contributed by atoms with E-state index in [0.29, 0.717) is 26.6 Å². The Hall–Kier alpha value is -1.16. The third-order valence-corrected chi connectivity index (χ3v) is 3.59. The number of benzene rings is 1. The quantitative estimate of drug-likeness (QED) is 0.725. The van der Waals surface area contributed by atoms with Crippen molar-refractivity contribution in [2.75, 3.05) is 11.9 Å². The number of halogens is 3. The lowest BCUT2D eigenvalue weighted by molar-refractivity contribution is 0.464. The molecule has 0 radical (unpaired) electrons. The fourth-order valence-electron chi connectivity index (χ4n) is 1.68. The molecule has 1 heterocycles. The molecular weight excluding hydrogens is 331 g/mol. The number of anilines is 1. The number of nitrogens with zero attached hydrogens (tertiary/aromatic N) is 1. The van der Waals surface area contributed by atoms with Gasteiger partial charge in [-0.05, 0) is 37.1 Å². The van der Waals surface area contributed by atoms with E-state index in [1.807, 2.05) is 19.1 Å². The molecule has 0 saturated heterocycles. The van der Waals surface area contributed by atoms with Gasteiger partial charge in [-0.15, -0.1) is 0 Å². The summed E-state index contributed by atoms with van der Waals surface area (Å²) in [4.78, 5) is 4.31. The average molecular weight is 346 g/mol. The smallest absolute Gasteiger partial charge is 0.240 e. The van der Waals surface area contributed by atoms with Gasteiger partial charge in [-0.3, -0.25) is 0 Å². The fraction of sp³-hybridized carbons (Fsp3) is 0.267. The Bertz CT molecular complexity index is 647. The standard InChI is InChI=1S/C15H15Cl3N2O/c1-3-6-19-14-11(17)8-12(18)15(20-14)21-13-5-4-9(2)7-10(13)16/h4-5,7-8H,3,6H2,1-2H3,(H,19,20). The molecule has 0 spiro atoms. The first-order chi connectivity index (χ1) is 10.0. The third kappa shape index (κ3) is 4.16. The van der Waals surface area contributed by atoms with Gasteiger partial charge in [0.15, 0.2) is 0 Å². The monoisotopic (exact) mass is 344 g/mol. The SMILES string of the molecule is CCCNc1nc(Oc2ccc(C)cc2Cl)c(Cl)cc1Cl. The highest BCUT2D eigenvalue weighted by Crippen LogP contribution is 2.36. The highest BCUT2D eigenvalue weighted by Gasteiger charge is 2.12. The van der Waals surface area contributed by atoms with Gasteiger partial charge in [-0.25, -0.2) is 0 Å². The van der Waals surface area contributed by atoms with E-state index < -0.39 is 0 Å². The molecule has 0 saturated carbocycles. The van der Waals surface area contributed by atoms with Crippen LogP contribution in [0.4, 0.5) is 5.82 Å². The molecule has 2 rings (SSSR count). The summed E-state index contributed by atoms with van der Waals surface area (Å²) in [5.41, 5.74) is 1.05. The molecule has 1 aromatic carbocycles. The van der Waals surface area contributed by atoms with Gasteiger partial charge < -0.3 is 10.1 Å². The van der Waals surface area contributed by atoms with Crippen molar-refractivity contribution >= 4 is 40.6 Å². The van der Waals surface area contributed by atoms with E-state index in [1.54, 1.807) is 12.1 Å². The summed E-state index contributed by atoms with van der Waals surface area (Å²) in [5.74, 6) is 1.31. The molecule has 0 bridgehead atoms. The van der Waals surface area contributed by atoms with Gasteiger partial charge in [0.1, 0.15) is 16.6 Å². The second-order valence-electron chi connectivity index (χ2n) is 4.57. The molecule has 112 valence electrons.